The van der Waals surface area contributed by atoms with Gasteiger partial charge in [-0.15, -0.1) is 0 Å². The van der Waals surface area contributed by atoms with Gasteiger partial charge in [0.15, 0.2) is 0 Å². The van der Waals surface area contributed by atoms with Crippen LogP contribution in [0.25, 0.3) is 0 Å². The van der Waals surface area contributed by atoms with Gasteiger partial charge in [-0.1, -0.05) is 47.5 Å². The van der Waals surface area contributed by atoms with Crippen LogP contribution in [0.3, 0.4) is 0 Å². The number of halogens is 2. The standard InChI is InChI=1S/C20H22Cl2N2O4S/c1-20(2)11-15(13-7-4-5-10-17(13)28-20)23-18(25)12-24(29(3,26)27)16-9-6-8-14(21)19(16)22/h4-10,15H,11-12H2,1-3H3,(H,23,25). The van der Waals surface area contributed by atoms with Crippen LogP contribution in [-0.4, -0.2) is 32.7 Å². The van der Waals surface area contributed by atoms with E-state index in [4.69, 9.17) is 27.9 Å². The van der Waals surface area contributed by atoms with Gasteiger partial charge in [0.25, 0.3) is 0 Å². The van der Waals surface area contributed by atoms with Crippen molar-refractivity contribution in [3.8, 4) is 5.75 Å². The van der Waals surface area contributed by atoms with Crippen LogP contribution in [0, 0.1) is 0 Å². The Morgan fingerprint density at radius 3 is 2.59 bits per heavy atom. The largest absolute Gasteiger partial charge is 0.487 e. The minimum absolute atomic E-state index is 0.0740. The maximum Gasteiger partial charge on any atom is 0.241 e. The SMILES string of the molecule is CC1(C)CC(NC(=O)CN(c2cccc(Cl)c2Cl)S(C)(=O)=O)c2ccccc2O1. The first kappa shape index (κ1) is 21.7. The molecule has 0 saturated heterocycles. The molecule has 1 aliphatic heterocycles. The maximum absolute atomic E-state index is 12.8. The number of carbonyl (C=O) groups is 1. The van der Waals surface area contributed by atoms with Gasteiger partial charge in [-0.25, -0.2) is 8.42 Å². The number of hydrogen-bond acceptors (Lipinski definition) is 4. The molecule has 1 atom stereocenters. The summed E-state index contributed by atoms with van der Waals surface area (Å²) in [6.45, 7) is 3.46. The molecule has 2 aromatic rings. The van der Waals surface area contributed by atoms with E-state index in [1.165, 1.54) is 6.07 Å². The maximum atomic E-state index is 12.8. The Morgan fingerprint density at radius 2 is 1.90 bits per heavy atom. The van der Waals surface area contributed by atoms with E-state index in [0.717, 1.165) is 16.1 Å². The van der Waals surface area contributed by atoms with E-state index in [-0.39, 0.29) is 21.8 Å². The molecular weight excluding hydrogens is 435 g/mol. The number of hydrogen-bond donors (Lipinski definition) is 1. The zero-order valence-corrected chi connectivity index (χ0v) is 18.6. The van der Waals surface area contributed by atoms with Gasteiger partial charge in [0, 0.05) is 12.0 Å². The quantitative estimate of drug-likeness (QED) is 0.731. The Bertz CT molecular complexity index is 1040. The molecule has 3 rings (SSSR count). The van der Waals surface area contributed by atoms with Gasteiger partial charge in [0.05, 0.1) is 28.0 Å². The fraction of sp³-hybridized carbons (Fsp3) is 0.350. The van der Waals surface area contributed by atoms with Gasteiger partial charge in [-0.2, -0.15) is 0 Å². The van der Waals surface area contributed by atoms with Crippen LogP contribution >= 0.6 is 23.2 Å². The molecule has 0 bridgehead atoms. The minimum Gasteiger partial charge on any atom is -0.487 e. The number of carbonyl (C=O) groups excluding carboxylic acids is 1. The van der Waals surface area contributed by atoms with E-state index in [0.29, 0.717) is 12.2 Å². The fourth-order valence-corrected chi connectivity index (χ4v) is 4.68. The van der Waals surface area contributed by atoms with E-state index in [2.05, 4.69) is 5.32 Å². The number of fused-ring (bicyclic) bond motifs is 1. The number of anilines is 1. The van der Waals surface area contributed by atoms with E-state index in [1.54, 1.807) is 12.1 Å². The van der Waals surface area contributed by atoms with Crippen LogP contribution in [0.5, 0.6) is 5.75 Å². The average molecular weight is 457 g/mol. The first-order chi connectivity index (χ1) is 13.5. The molecule has 1 amide bonds. The Labute approximate surface area is 180 Å². The van der Waals surface area contributed by atoms with Crippen molar-refractivity contribution in [2.45, 2.75) is 31.9 Å². The molecule has 0 saturated carbocycles. The number of para-hydroxylation sites is 1. The molecule has 1 aliphatic rings. The van der Waals surface area contributed by atoms with Crippen molar-refractivity contribution in [3.05, 3.63) is 58.1 Å². The molecule has 1 N–H and O–H groups in total. The van der Waals surface area contributed by atoms with Crippen LogP contribution in [0.4, 0.5) is 5.69 Å². The molecule has 0 fully saturated rings. The van der Waals surface area contributed by atoms with E-state index in [9.17, 15) is 13.2 Å². The first-order valence-corrected chi connectivity index (χ1v) is 11.6. The van der Waals surface area contributed by atoms with Crippen LogP contribution in [0.1, 0.15) is 31.9 Å². The number of ether oxygens (including phenoxy) is 1. The smallest absolute Gasteiger partial charge is 0.241 e. The lowest BCUT2D eigenvalue weighted by molar-refractivity contribution is -0.120. The fourth-order valence-electron chi connectivity index (χ4n) is 3.37. The second-order valence-corrected chi connectivity index (χ2v) is 10.3. The molecule has 0 aliphatic carbocycles. The highest BCUT2D eigenvalue weighted by Crippen LogP contribution is 2.39. The molecule has 1 unspecified atom stereocenters. The summed E-state index contributed by atoms with van der Waals surface area (Å²) in [5.41, 5.74) is 0.537. The number of nitrogens with one attached hydrogen (secondary N) is 1. The number of nitrogens with zero attached hydrogens (tertiary/aromatic N) is 1. The lowest BCUT2D eigenvalue weighted by atomic mass is 9.89. The second-order valence-electron chi connectivity index (χ2n) is 7.57. The van der Waals surface area contributed by atoms with Gasteiger partial charge >= 0.3 is 0 Å². The molecule has 2 aromatic carbocycles. The van der Waals surface area contributed by atoms with Crippen molar-refractivity contribution in [1.82, 2.24) is 5.32 Å². The Balaban J connectivity index is 1.86. The third kappa shape index (κ3) is 4.97. The van der Waals surface area contributed by atoms with Gasteiger partial charge in [0.1, 0.15) is 17.9 Å². The van der Waals surface area contributed by atoms with Crippen LogP contribution < -0.4 is 14.4 Å². The highest BCUT2D eigenvalue weighted by atomic mass is 35.5. The highest BCUT2D eigenvalue weighted by Gasteiger charge is 2.35. The number of rotatable bonds is 5. The van der Waals surface area contributed by atoms with Gasteiger partial charge in [-0.05, 0) is 32.0 Å². The van der Waals surface area contributed by atoms with Crippen molar-refractivity contribution in [2.75, 3.05) is 17.1 Å². The summed E-state index contributed by atoms with van der Waals surface area (Å²) in [5.74, 6) is 0.246. The Hall–Kier alpha value is -1.96. The van der Waals surface area contributed by atoms with Gasteiger partial charge < -0.3 is 10.1 Å². The third-order valence-corrected chi connectivity index (χ3v) is 6.53. The molecule has 9 heteroatoms. The Morgan fingerprint density at radius 1 is 1.21 bits per heavy atom. The van der Waals surface area contributed by atoms with E-state index >= 15 is 0 Å². The minimum atomic E-state index is -3.77. The Kier molecular flexibility index (Phi) is 6.03. The van der Waals surface area contributed by atoms with Crippen LogP contribution in [0.2, 0.25) is 10.0 Å². The predicted octanol–water partition coefficient (Wildman–Crippen LogP) is 4.18. The van der Waals surface area contributed by atoms with Crippen LogP contribution in [0.15, 0.2) is 42.5 Å². The zero-order valence-electron chi connectivity index (χ0n) is 16.3. The molecule has 6 nitrogen and oxygen atoms in total. The third-order valence-electron chi connectivity index (χ3n) is 4.60. The summed E-state index contributed by atoms with van der Waals surface area (Å²) in [4.78, 5) is 12.8. The summed E-state index contributed by atoms with van der Waals surface area (Å²) in [6, 6.07) is 11.8. The summed E-state index contributed by atoms with van der Waals surface area (Å²) < 4.78 is 31.6. The number of sulfonamides is 1. The second kappa shape index (κ2) is 8.05. The zero-order chi connectivity index (χ0) is 21.4. The summed E-state index contributed by atoms with van der Waals surface area (Å²) >= 11 is 12.2. The number of amides is 1. The average Bonchev–Trinajstić information content (AvgIpc) is 2.60. The molecule has 156 valence electrons. The van der Waals surface area contributed by atoms with Gasteiger partial charge in [0.2, 0.25) is 15.9 Å². The van der Waals surface area contributed by atoms with Crippen molar-refractivity contribution < 1.29 is 17.9 Å². The lowest BCUT2D eigenvalue weighted by Gasteiger charge is -2.38. The first-order valence-electron chi connectivity index (χ1n) is 8.97. The van der Waals surface area contributed by atoms with Gasteiger partial charge in [-0.3, -0.25) is 9.10 Å². The lowest BCUT2D eigenvalue weighted by Crippen LogP contribution is -2.45. The topological polar surface area (TPSA) is 75.7 Å². The molecule has 1 heterocycles. The summed E-state index contributed by atoms with van der Waals surface area (Å²) in [7, 11) is -3.77. The molecule has 0 spiro atoms. The molecule has 29 heavy (non-hydrogen) atoms. The van der Waals surface area contributed by atoms with Crippen molar-refractivity contribution in [1.29, 1.82) is 0 Å². The normalized spacial score (nSPS) is 17.8. The van der Waals surface area contributed by atoms with Crippen molar-refractivity contribution in [3.63, 3.8) is 0 Å². The predicted molar refractivity (Wildman–Crippen MR) is 115 cm³/mol. The molecule has 0 radical (unpaired) electrons. The summed E-state index contributed by atoms with van der Waals surface area (Å²) in [6.07, 6.45) is 1.57. The molecule has 0 aromatic heterocycles. The highest BCUT2D eigenvalue weighted by molar-refractivity contribution is 7.92. The summed E-state index contributed by atoms with van der Waals surface area (Å²) in [5, 5.41) is 3.22. The van der Waals surface area contributed by atoms with Crippen LogP contribution in [-0.2, 0) is 14.8 Å². The monoisotopic (exact) mass is 456 g/mol. The number of benzene rings is 2. The van der Waals surface area contributed by atoms with E-state index in [1.807, 2.05) is 38.1 Å². The van der Waals surface area contributed by atoms with Crippen molar-refractivity contribution in [2.24, 2.45) is 0 Å². The van der Waals surface area contributed by atoms with E-state index < -0.39 is 28.1 Å². The van der Waals surface area contributed by atoms with Crippen molar-refractivity contribution >= 4 is 44.8 Å². The molecular formula is C20H22Cl2N2O4S.